The number of aliphatic hydroxyl groups is 1. The van der Waals surface area contributed by atoms with Gasteiger partial charge in [-0.15, -0.1) is 0 Å². The van der Waals surface area contributed by atoms with E-state index in [4.69, 9.17) is 0 Å². The molecule has 3 aromatic heterocycles. The van der Waals surface area contributed by atoms with Gasteiger partial charge in [0.25, 0.3) is 0 Å². The van der Waals surface area contributed by atoms with E-state index >= 15 is 0 Å². The highest BCUT2D eigenvalue weighted by atomic mass is 19.4. The first-order valence-electron chi connectivity index (χ1n) is 11.6. The van der Waals surface area contributed by atoms with E-state index in [1.54, 1.807) is 21.7 Å². The lowest BCUT2D eigenvalue weighted by Crippen LogP contribution is -2.63. The maximum atomic E-state index is 13.1. The van der Waals surface area contributed by atoms with Crippen molar-refractivity contribution in [3.8, 4) is 11.1 Å². The van der Waals surface area contributed by atoms with Gasteiger partial charge in [0.15, 0.2) is 11.4 Å². The molecule has 2 aliphatic heterocycles. The molecular formula is C22H22F5N7O2. The third-order valence-electron chi connectivity index (χ3n) is 7.60. The molecule has 3 aromatic rings. The Kier molecular flexibility index (Phi) is 5.05. The highest BCUT2D eigenvalue weighted by Gasteiger charge is 2.63. The van der Waals surface area contributed by atoms with Gasteiger partial charge in [-0.25, -0.2) is 14.2 Å². The van der Waals surface area contributed by atoms with Crippen LogP contribution >= 0.6 is 0 Å². The van der Waals surface area contributed by atoms with Crippen LogP contribution in [0, 0.1) is 5.92 Å². The summed E-state index contributed by atoms with van der Waals surface area (Å²) in [6.45, 7) is -1.84. The molecule has 3 aliphatic rings. The number of carbonyl (C=O) groups excluding carboxylic acids is 1. The van der Waals surface area contributed by atoms with Gasteiger partial charge in [0.2, 0.25) is 5.91 Å². The summed E-state index contributed by atoms with van der Waals surface area (Å²) >= 11 is 0. The molecule has 9 nitrogen and oxygen atoms in total. The molecule has 5 heterocycles. The Morgan fingerprint density at radius 3 is 2.39 bits per heavy atom. The maximum absolute atomic E-state index is 13.1. The van der Waals surface area contributed by atoms with E-state index < -0.39 is 37.1 Å². The Bertz CT molecular complexity index is 1300. The van der Waals surface area contributed by atoms with Crippen LogP contribution < -0.4 is 4.90 Å². The molecule has 36 heavy (non-hydrogen) atoms. The number of halogens is 5. The second kappa shape index (κ2) is 7.85. The predicted molar refractivity (Wildman–Crippen MR) is 115 cm³/mol. The Morgan fingerprint density at radius 1 is 1.08 bits per heavy atom. The van der Waals surface area contributed by atoms with Gasteiger partial charge in [0, 0.05) is 54.6 Å². The maximum Gasteiger partial charge on any atom is 0.417 e. The van der Waals surface area contributed by atoms with Gasteiger partial charge in [-0.05, 0) is 31.7 Å². The van der Waals surface area contributed by atoms with Crippen LogP contribution in [0.2, 0.25) is 0 Å². The molecule has 192 valence electrons. The van der Waals surface area contributed by atoms with Crippen LogP contribution in [0.3, 0.4) is 0 Å². The molecule has 0 aromatic carbocycles. The average molecular weight is 511 g/mol. The number of rotatable bonds is 4. The zero-order valence-electron chi connectivity index (χ0n) is 18.8. The summed E-state index contributed by atoms with van der Waals surface area (Å²) in [4.78, 5) is 21.2. The van der Waals surface area contributed by atoms with E-state index in [-0.39, 0.29) is 18.0 Å². The SMILES string of the molecule is O=C(C1CC(O)(C(F)(F)F)C1)N1C2CCC1CN(c1ncnn3cc(-c4cnn(C(F)F)c4)cc13)C2. The van der Waals surface area contributed by atoms with Gasteiger partial charge in [0.1, 0.15) is 11.8 Å². The fraction of sp³-hybridized carbons (Fsp3) is 0.545. The van der Waals surface area contributed by atoms with Gasteiger partial charge >= 0.3 is 12.7 Å². The Hall–Kier alpha value is -3.29. The van der Waals surface area contributed by atoms with Gasteiger partial charge in [-0.2, -0.15) is 32.1 Å². The number of aromatic nitrogens is 5. The fourth-order valence-corrected chi connectivity index (χ4v) is 5.72. The average Bonchev–Trinajstić information content (AvgIpc) is 3.51. The van der Waals surface area contributed by atoms with Crippen molar-refractivity contribution in [2.24, 2.45) is 5.92 Å². The Balaban J connectivity index is 1.21. The first-order chi connectivity index (χ1) is 17.0. The molecule has 3 fully saturated rings. The number of amides is 1. The molecule has 1 N–H and O–H groups in total. The van der Waals surface area contributed by atoms with E-state index in [0.717, 1.165) is 12.8 Å². The summed E-state index contributed by atoms with van der Waals surface area (Å²) in [5.74, 6) is -0.541. The van der Waals surface area contributed by atoms with Crippen molar-refractivity contribution in [3.05, 3.63) is 31.0 Å². The van der Waals surface area contributed by atoms with Crippen LogP contribution in [0.5, 0.6) is 0 Å². The quantitative estimate of drug-likeness (QED) is 0.542. The molecule has 1 saturated carbocycles. The third-order valence-corrected chi connectivity index (χ3v) is 7.60. The minimum atomic E-state index is -4.74. The van der Waals surface area contributed by atoms with E-state index in [0.29, 0.717) is 40.2 Å². The molecule has 0 spiro atoms. The molecule has 1 amide bonds. The zero-order chi connectivity index (χ0) is 25.4. The number of piperazine rings is 1. The third kappa shape index (κ3) is 3.52. The van der Waals surface area contributed by atoms with E-state index in [1.165, 1.54) is 18.7 Å². The molecule has 0 radical (unpaired) electrons. The van der Waals surface area contributed by atoms with E-state index in [2.05, 4.69) is 15.2 Å². The van der Waals surface area contributed by atoms with Crippen LogP contribution in [0.4, 0.5) is 27.8 Å². The van der Waals surface area contributed by atoms with E-state index in [1.807, 2.05) is 4.90 Å². The van der Waals surface area contributed by atoms with Crippen molar-refractivity contribution in [2.75, 3.05) is 18.0 Å². The van der Waals surface area contributed by atoms with Crippen molar-refractivity contribution >= 4 is 17.2 Å². The van der Waals surface area contributed by atoms with Crippen molar-refractivity contribution < 1.29 is 31.9 Å². The zero-order valence-corrected chi connectivity index (χ0v) is 18.8. The number of alkyl halides is 5. The predicted octanol–water partition coefficient (Wildman–Crippen LogP) is 2.87. The van der Waals surface area contributed by atoms with Crippen LogP contribution in [0.1, 0.15) is 32.2 Å². The standard InChI is InChI=1S/C22H22F5N7O2/c23-20(24)33-8-14(6-29-33)12-3-17-18(28-11-30-32(17)7-12)31-9-15-1-2-16(10-31)34(15)19(35)13-4-21(36,5-13)22(25,26)27/h3,6-8,11,13,15-16,20,36H,1-2,4-5,9-10H2. The number of hydrogen-bond donors (Lipinski definition) is 1. The van der Waals surface area contributed by atoms with Gasteiger partial charge in [-0.3, -0.25) is 4.79 Å². The van der Waals surface area contributed by atoms with Crippen LogP contribution in [-0.2, 0) is 4.79 Å². The lowest BCUT2D eigenvalue weighted by Gasteiger charge is -2.48. The summed E-state index contributed by atoms with van der Waals surface area (Å²) in [7, 11) is 0. The first kappa shape index (κ1) is 23.1. The number of nitrogens with zero attached hydrogens (tertiary/aromatic N) is 7. The smallest absolute Gasteiger partial charge is 0.380 e. The fourth-order valence-electron chi connectivity index (χ4n) is 5.72. The minimum absolute atomic E-state index is 0.176. The monoisotopic (exact) mass is 511 g/mol. The number of anilines is 1. The first-order valence-corrected chi connectivity index (χ1v) is 11.6. The largest absolute Gasteiger partial charge is 0.417 e. The highest BCUT2D eigenvalue weighted by molar-refractivity contribution is 5.82. The molecule has 6 rings (SSSR count). The minimum Gasteiger partial charge on any atom is -0.380 e. The van der Waals surface area contributed by atoms with Crippen molar-refractivity contribution in [1.29, 1.82) is 0 Å². The molecule has 1 aliphatic carbocycles. The summed E-state index contributed by atoms with van der Waals surface area (Å²) in [6.07, 6.45) is 1.19. The van der Waals surface area contributed by atoms with Crippen molar-refractivity contribution in [1.82, 2.24) is 29.3 Å². The van der Waals surface area contributed by atoms with Gasteiger partial charge in [-0.1, -0.05) is 0 Å². The van der Waals surface area contributed by atoms with Gasteiger partial charge in [0.05, 0.1) is 6.20 Å². The summed E-state index contributed by atoms with van der Waals surface area (Å²) in [5, 5.41) is 17.6. The number of carbonyl (C=O) groups is 1. The normalized spacial score (nSPS) is 28.2. The molecule has 2 bridgehead atoms. The number of hydrogen-bond acceptors (Lipinski definition) is 6. The molecule has 2 atom stereocenters. The molecular weight excluding hydrogens is 489 g/mol. The van der Waals surface area contributed by atoms with Crippen molar-refractivity contribution in [3.63, 3.8) is 0 Å². The van der Waals surface area contributed by atoms with Crippen LogP contribution in [0.25, 0.3) is 16.6 Å². The van der Waals surface area contributed by atoms with E-state index in [9.17, 15) is 31.9 Å². The summed E-state index contributed by atoms with van der Waals surface area (Å²) in [5.41, 5.74) is -0.978. The molecule has 2 unspecified atom stereocenters. The Morgan fingerprint density at radius 2 is 1.78 bits per heavy atom. The Labute approximate surface area is 201 Å². The van der Waals surface area contributed by atoms with Crippen LogP contribution in [0.15, 0.2) is 31.0 Å². The second-order valence-corrected chi connectivity index (χ2v) is 9.80. The van der Waals surface area contributed by atoms with Crippen molar-refractivity contribution in [2.45, 2.75) is 56.1 Å². The molecule has 2 saturated heterocycles. The highest BCUT2D eigenvalue weighted by Crippen LogP contribution is 2.50. The second-order valence-electron chi connectivity index (χ2n) is 9.80. The number of fused-ring (bicyclic) bond motifs is 3. The summed E-state index contributed by atoms with van der Waals surface area (Å²) in [6, 6.07) is 1.43. The lowest BCUT2D eigenvalue weighted by atomic mass is 9.69. The molecule has 14 heteroatoms. The summed E-state index contributed by atoms with van der Waals surface area (Å²) < 4.78 is 67.0. The van der Waals surface area contributed by atoms with Crippen LogP contribution in [-0.4, -0.2) is 77.2 Å². The lowest BCUT2D eigenvalue weighted by molar-refractivity contribution is -0.297. The topological polar surface area (TPSA) is 91.8 Å². The van der Waals surface area contributed by atoms with Gasteiger partial charge < -0.3 is 14.9 Å².